The minimum absolute atomic E-state index is 0.0850. The third kappa shape index (κ3) is 4.14. The van der Waals surface area contributed by atoms with Crippen molar-refractivity contribution in [2.75, 3.05) is 20.5 Å². The maximum atomic E-state index is 12.7. The summed E-state index contributed by atoms with van der Waals surface area (Å²) in [5, 5.41) is 0. The molecule has 6 nitrogen and oxygen atoms in total. The fourth-order valence-corrected chi connectivity index (χ4v) is 2.82. The van der Waals surface area contributed by atoms with Crippen molar-refractivity contribution in [3.05, 3.63) is 23.8 Å². The zero-order valence-corrected chi connectivity index (χ0v) is 14.1. The molecule has 0 radical (unpaired) electrons. The van der Waals surface area contributed by atoms with E-state index in [-0.39, 0.29) is 25.3 Å². The second kappa shape index (κ2) is 8.17. The largest absolute Gasteiger partial charge is 0.454 e. The van der Waals surface area contributed by atoms with Gasteiger partial charge in [0.25, 0.3) is 0 Å². The average Bonchev–Trinajstić information content (AvgIpc) is 3.02. The molecule has 2 rings (SSSR count). The van der Waals surface area contributed by atoms with Gasteiger partial charge in [0.1, 0.15) is 6.04 Å². The van der Waals surface area contributed by atoms with E-state index >= 15 is 0 Å². The normalized spacial score (nSPS) is 14.1. The van der Waals surface area contributed by atoms with Gasteiger partial charge in [-0.3, -0.25) is 4.79 Å². The summed E-state index contributed by atoms with van der Waals surface area (Å²) in [7, 11) is 1.55. The predicted molar refractivity (Wildman–Crippen MR) is 87.3 cm³/mol. The van der Waals surface area contributed by atoms with Gasteiger partial charge >= 0.3 is 0 Å². The second-order valence-corrected chi connectivity index (χ2v) is 5.69. The van der Waals surface area contributed by atoms with E-state index in [2.05, 4.69) is 13.8 Å². The van der Waals surface area contributed by atoms with Crippen LogP contribution in [0.3, 0.4) is 0 Å². The molecular weight excluding hydrogens is 296 g/mol. The van der Waals surface area contributed by atoms with Crippen LogP contribution in [-0.2, 0) is 16.1 Å². The van der Waals surface area contributed by atoms with Crippen LogP contribution in [0.25, 0.3) is 0 Å². The van der Waals surface area contributed by atoms with Gasteiger partial charge in [0, 0.05) is 19.7 Å². The highest BCUT2D eigenvalue weighted by molar-refractivity contribution is 5.82. The fourth-order valence-electron chi connectivity index (χ4n) is 2.82. The van der Waals surface area contributed by atoms with Crippen LogP contribution in [0.1, 0.15) is 32.3 Å². The number of nitrogens with zero attached hydrogens (tertiary/aromatic N) is 1. The summed E-state index contributed by atoms with van der Waals surface area (Å²) in [5.41, 5.74) is 6.96. The van der Waals surface area contributed by atoms with Crippen LogP contribution in [0.5, 0.6) is 11.5 Å². The molecule has 1 amide bonds. The topological polar surface area (TPSA) is 74.0 Å². The molecule has 0 aromatic heterocycles. The van der Waals surface area contributed by atoms with E-state index in [1.165, 1.54) is 0 Å². The fraction of sp³-hybridized carbons (Fsp3) is 0.588. The van der Waals surface area contributed by atoms with Gasteiger partial charge < -0.3 is 24.8 Å². The molecule has 2 N–H and O–H groups in total. The number of hydrogen-bond donors (Lipinski definition) is 1. The lowest BCUT2D eigenvalue weighted by Crippen LogP contribution is -2.49. The number of benzene rings is 1. The second-order valence-electron chi connectivity index (χ2n) is 5.69. The molecule has 0 aliphatic carbocycles. The van der Waals surface area contributed by atoms with Crippen LogP contribution >= 0.6 is 0 Å². The Morgan fingerprint density at radius 1 is 1.30 bits per heavy atom. The summed E-state index contributed by atoms with van der Waals surface area (Å²) in [6, 6.07) is 5.26. The maximum Gasteiger partial charge on any atom is 0.242 e. The Hall–Kier alpha value is -1.79. The standard InChI is InChI=1S/C17H26N2O4/c1-4-13(5-2)19(17(20)14(18)10-21-3)9-12-6-7-15-16(8-12)23-11-22-15/h6-8,13-14H,4-5,9-11,18H2,1-3H3/t14-/m0/s1. The summed E-state index contributed by atoms with van der Waals surface area (Å²) >= 11 is 0. The maximum absolute atomic E-state index is 12.7. The summed E-state index contributed by atoms with van der Waals surface area (Å²) in [6.45, 7) is 5.12. The monoisotopic (exact) mass is 322 g/mol. The summed E-state index contributed by atoms with van der Waals surface area (Å²) in [5.74, 6) is 1.38. The molecule has 0 saturated carbocycles. The molecule has 1 heterocycles. The molecule has 23 heavy (non-hydrogen) atoms. The van der Waals surface area contributed by atoms with E-state index < -0.39 is 6.04 Å². The van der Waals surface area contributed by atoms with Gasteiger partial charge in [-0.15, -0.1) is 0 Å². The van der Waals surface area contributed by atoms with Crippen molar-refractivity contribution in [2.24, 2.45) is 5.73 Å². The number of carbonyl (C=O) groups excluding carboxylic acids is 1. The highest BCUT2D eigenvalue weighted by atomic mass is 16.7. The molecule has 1 aromatic carbocycles. The Morgan fingerprint density at radius 3 is 2.65 bits per heavy atom. The van der Waals surface area contributed by atoms with E-state index in [4.69, 9.17) is 19.9 Å². The molecular formula is C17H26N2O4. The number of rotatable bonds is 8. The molecule has 1 aliphatic heterocycles. The zero-order valence-electron chi connectivity index (χ0n) is 14.1. The average molecular weight is 322 g/mol. The van der Waals surface area contributed by atoms with Crippen LogP contribution in [0.2, 0.25) is 0 Å². The Balaban J connectivity index is 2.18. The minimum Gasteiger partial charge on any atom is -0.454 e. The number of ether oxygens (including phenoxy) is 3. The van der Waals surface area contributed by atoms with Gasteiger partial charge in [-0.05, 0) is 30.5 Å². The highest BCUT2D eigenvalue weighted by Crippen LogP contribution is 2.33. The Bertz CT molecular complexity index is 531. The van der Waals surface area contributed by atoms with Crippen LogP contribution in [-0.4, -0.2) is 43.4 Å². The SMILES string of the molecule is CCC(CC)N(Cc1ccc2c(c1)OCO2)C(=O)[C@@H](N)COC. The van der Waals surface area contributed by atoms with E-state index in [0.29, 0.717) is 6.54 Å². The van der Waals surface area contributed by atoms with E-state index in [1.54, 1.807) is 7.11 Å². The first kappa shape index (κ1) is 17.6. The number of hydrogen-bond acceptors (Lipinski definition) is 5. The smallest absolute Gasteiger partial charge is 0.242 e. The Morgan fingerprint density at radius 2 is 2.00 bits per heavy atom. The molecule has 1 aromatic rings. The third-order valence-corrected chi connectivity index (χ3v) is 4.12. The molecule has 0 saturated heterocycles. The van der Waals surface area contributed by atoms with Crippen molar-refractivity contribution in [1.82, 2.24) is 4.90 Å². The summed E-state index contributed by atoms with van der Waals surface area (Å²) in [6.07, 6.45) is 1.76. The lowest BCUT2D eigenvalue weighted by atomic mass is 10.1. The first-order chi connectivity index (χ1) is 11.1. The van der Waals surface area contributed by atoms with E-state index in [0.717, 1.165) is 29.9 Å². The first-order valence-electron chi connectivity index (χ1n) is 8.04. The predicted octanol–water partition coefficient (Wildman–Crippen LogP) is 1.91. The lowest BCUT2D eigenvalue weighted by Gasteiger charge is -2.32. The van der Waals surface area contributed by atoms with Crippen molar-refractivity contribution in [1.29, 1.82) is 0 Å². The molecule has 1 aliphatic rings. The van der Waals surface area contributed by atoms with Gasteiger partial charge in [-0.1, -0.05) is 19.9 Å². The van der Waals surface area contributed by atoms with E-state index in [9.17, 15) is 4.79 Å². The highest BCUT2D eigenvalue weighted by Gasteiger charge is 2.26. The lowest BCUT2D eigenvalue weighted by molar-refractivity contribution is -0.137. The zero-order chi connectivity index (χ0) is 16.8. The summed E-state index contributed by atoms with van der Waals surface area (Å²) < 4.78 is 15.8. The Labute approximate surface area is 137 Å². The Kier molecular flexibility index (Phi) is 6.24. The van der Waals surface area contributed by atoms with Crippen LogP contribution in [0.15, 0.2) is 18.2 Å². The third-order valence-electron chi connectivity index (χ3n) is 4.12. The van der Waals surface area contributed by atoms with Crippen molar-refractivity contribution in [3.63, 3.8) is 0 Å². The van der Waals surface area contributed by atoms with E-state index in [1.807, 2.05) is 23.1 Å². The van der Waals surface area contributed by atoms with Crippen LogP contribution < -0.4 is 15.2 Å². The molecule has 1 atom stereocenters. The van der Waals surface area contributed by atoms with Gasteiger partial charge in [-0.2, -0.15) is 0 Å². The molecule has 0 bridgehead atoms. The minimum atomic E-state index is -0.644. The molecule has 0 spiro atoms. The number of nitrogens with two attached hydrogens (primary N) is 1. The molecule has 0 unspecified atom stereocenters. The van der Waals surface area contributed by atoms with Crippen molar-refractivity contribution < 1.29 is 19.0 Å². The van der Waals surface area contributed by atoms with Gasteiger partial charge in [0.2, 0.25) is 12.7 Å². The molecule has 0 fully saturated rings. The molecule has 128 valence electrons. The number of methoxy groups -OCH3 is 1. The number of fused-ring (bicyclic) bond motifs is 1. The van der Waals surface area contributed by atoms with Crippen molar-refractivity contribution in [2.45, 2.75) is 45.3 Å². The first-order valence-corrected chi connectivity index (χ1v) is 8.04. The van der Waals surface area contributed by atoms with Gasteiger partial charge in [0.05, 0.1) is 6.61 Å². The van der Waals surface area contributed by atoms with Crippen LogP contribution in [0, 0.1) is 0 Å². The van der Waals surface area contributed by atoms with Crippen molar-refractivity contribution >= 4 is 5.91 Å². The molecule has 6 heteroatoms. The number of carbonyl (C=O) groups is 1. The number of amides is 1. The van der Waals surface area contributed by atoms with Gasteiger partial charge in [-0.25, -0.2) is 0 Å². The van der Waals surface area contributed by atoms with Gasteiger partial charge in [0.15, 0.2) is 11.5 Å². The van der Waals surface area contributed by atoms with Crippen LogP contribution in [0.4, 0.5) is 0 Å². The quantitative estimate of drug-likeness (QED) is 0.791. The van der Waals surface area contributed by atoms with Crippen molar-refractivity contribution in [3.8, 4) is 11.5 Å². The summed E-state index contributed by atoms with van der Waals surface area (Å²) in [4.78, 5) is 14.5.